The second kappa shape index (κ2) is 21.6. The lowest BCUT2D eigenvalue weighted by Gasteiger charge is -2.24. The molecule has 0 bridgehead atoms. The molecule has 4 heterocycles. The van der Waals surface area contributed by atoms with Crippen molar-refractivity contribution in [1.82, 2.24) is 47.4 Å². The Morgan fingerprint density at radius 1 is 0.705 bits per heavy atom. The number of carbonyl (C=O) groups is 1. The van der Waals surface area contributed by atoms with Gasteiger partial charge in [0.15, 0.2) is 0 Å². The summed E-state index contributed by atoms with van der Waals surface area (Å²) in [5, 5.41) is 1.66. The van der Waals surface area contributed by atoms with Crippen molar-refractivity contribution in [2.75, 3.05) is 50.1 Å². The smallest absolute Gasteiger partial charge is 0.308 e. The summed E-state index contributed by atoms with van der Waals surface area (Å²) < 4.78 is 44.6. The van der Waals surface area contributed by atoms with E-state index in [2.05, 4.69) is 81.4 Å². The number of esters is 1. The number of imidazole rings is 2. The van der Waals surface area contributed by atoms with E-state index in [1.807, 2.05) is 53.9 Å². The molecule has 0 aliphatic heterocycles. The van der Waals surface area contributed by atoms with Gasteiger partial charge in [0, 0.05) is 108 Å². The summed E-state index contributed by atoms with van der Waals surface area (Å²) in [7, 11) is 0.492. The quantitative estimate of drug-likeness (QED) is 0.0545. The van der Waals surface area contributed by atoms with Crippen molar-refractivity contribution in [3.8, 4) is 17.6 Å². The van der Waals surface area contributed by atoms with Gasteiger partial charge < -0.3 is 14.5 Å². The molecule has 0 aliphatic carbocycles. The van der Waals surface area contributed by atoms with Crippen LogP contribution in [-0.4, -0.2) is 97.4 Å². The molecule has 0 aliphatic rings. The third-order valence-corrected chi connectivity index (χ3v) is 12.4. The van der Waals surface area contributed by atoms with Crippen LogP contribution in [0, 0.1) is 13.8 Å². The van der Waals surface area contributed by atoms with Crippen LogP contribution in [0.1, 0.15) is 42.0 Å². The summed E-state index contributed by atoms with van der Waals surface area (Å²) in [5.74, 6) is 1.48. The molecule has 0 radical (unpaired) electrons. The molecule has 0 spiro atoms. The number of carbonyl (C=O) groups excluding carboxylic acids is 1. The van der Waals surface area contributed by atoms with Crippen LogP contribution in [0.3, 0.4) is 0 Å². The van der Waals surface area contributed by atoms with Crippen LogP contribution in [0.15, 0.2) is 115 Å². The van der Waals surface area contributed by atoms with E-state index >= 15 is 0 Å². The molecule has 0 fully saturated rings. The number of aromatic nitrogens is 8. The highest BCUT2D eigenvalue weighted by Gasteiger charge is 2.15. The first-order valence-corrected chi connectivity index (χ1v) is 22.6. The maximum atomic E-state index is 12.2. The van der Waals surface area contributed by atoms with E-state index in [1.54, 1.807) is 60.1 Å². The van der Waals surface area contributed by atoms with E-state index in [0.717, 1.165) is 48.4 Å². The Morgan fingerprint density at radius 3 is 1.69 bits per heavy atom. The number of hydrogen-bond donors (Lipinski definition) is 1. The SMILES string of the molecule is CC(=O)Oc1ccc(CN(CCCN(C)c2nc(-n3ccnc3)ns2)Cc2ccc(C)cc2)cc1.Cc1ccc(S(=O)(=O)NCCCN(C)c2nc(-n3ccnc3)ns2)cc1. The molecule has 0 amide bonds. The van der Waals surface area contributed by atoms with Crippen LogP contribution in [0.5, 0.6) is 5.75 Å². The number of nitrogens with zero attached hydrogens (tertiary/aromatic N) is 11. The molecular weight excluding hydrogens is 833 g/mol. The summed E-state index contributed by atoms with van der Waals surface area (Å²) >= 11 is 2.69. The van der Waals surface area contributed by atoms with Crippen molar-refractivity contribution in [3.63, 3.8) is 0 Å². The molecule has 0 atom stereocenters. The molecule has 3 aromatic carbocycles. The van der Waals surface area contributed by atoms with Crippen LogP contribution in [0.25, 0.3) is 11.9 Å². The Balaban J connectivity index is 0.000000213. The van der Waals surface area contributed by atoms with Crippen LogP contribution >= 0.6 is 23.1 Å². The predicted molar refractivity (Wildman–Crippen MR) is 239 cm³/mol. The zero-order chi connectivity index (χ0) is 43.2. The molecule has 61 heavy (non-hydrogen) atoms. The highest BCUT2D eigenvalue weighted by Crippen LogP contribution is 2.21. The van der Waals surface area contributed by atoms with Crippen LogP contribution in [-0.2, 0) is 27.9 Å². The number of rotatable bonds is 19. The molecule has 0 saturated heterocycles. The summed E-state index contributed by atoms with van der Waals surface area (Å²) in [6.07, 6.45) is 12.0. The fourth-order valence-electron chi connectivity index (χ4n) is 5.99. The molecular formula is C42H50N12O4S3. The van der Waals surface area contributed by atoms with Crippen LogP contribution in [0.4, 0.5) is 10.3 Å². The van der Waals surface area contributed by atoms with Crippen molar-refractivity contribution in [2.24, 2.45) is 0 Å². The molecule has 19 heteroatoms. The lowest BCUT2D eigenvalue weighted by molar-refractivity contribution is -0.131. The van der Waals surface area contributed by atoms with Gasteiger partial charge in [-0.2, -0.15) is 18.7 Å². The molecule has 7 aromatic rings. The van der Waals surface area contributed by atoms with Gasteiger partial charge in [0.05, 0.1) is 4.90 Å². The van der Waals surface area contributed by atoms with Crippen molar-refractivity contribution in [2.45, 2.75) is 51.6 Å². The Bertz CT molecular complexity index is 2490. The Labute approximate surface area is 364 Å². The van der Waals surface area contributed by atoms with E-state index in [4.69, 9.17) is 4.74 Å². The first-order chi connectivity index (χ1) is 29.4. The average Bonchev–Trinajstić information content (AvgIpc) is 4.09. The van der Waals surface area contributed by atoms with E-state index in [-0.39, 0.29) is 10.9 Å². The number of sulfonamides is 1. The van der Waals surface area contributed by atoms with Gasteiger partial charge in [-0.05, 0) is 62.1 Å². The first kappa shape index (κ1) is 44.7. The van der Waals surface area contributed by atoms with Gasteiger partial charge in [0.1, 0.15) is 18.4 Å². The van der Waals surface area contributed by atoms with Gasteiger partial charge in [-0.15, -0.1) is 0 Å². The minimum absolute atomic E-state index is 0.283. The van der Waals surface area contributed by atoms with Crippen molar-refractivity contribution < 1.29 is 17.9 Å². The summed E-state index contributed by atoms with van der Waals surface area (Å²) in [5.41, 5.74) is 4.75. The second-order valence-corrected chi connectivity index (χ2v) is 17.6. The molecule has 7 rings (SSSR count). The van der Waals surface area contributed by atoms with Gasteiger partial charge in [-0.1, -0.05) is 59.7 Å². The van der Waals surface area contributed by atoms with Crippen molar-refractivity contribution in [1.29, 1.82) is 0 Å². The Morgan fingerprint density at radius 2 is 1.20 bits per heavy atom. The number of hydrogen-bond acceptors (Lipinski definition) is 15. The van der Waals surface area contributed by atoms with Gasteiger partial charge in [0.2, 0.25) is 32.2 Å². The third-order valence-electron chi connectivity index (χ3n) is 9.31. The van der Waals surface area contributed by atoms with Gasteiger partial charge in [0.25, 0.3) is 0 Å². The first-order valence-electron chi connectivity index (χ1n) is 19.6. The number of aryl methyl sites for hydroxylation is 2. The van der Waals surface area contributed by atoms with Crippen LogP contribution < -0.4 is 19.3 Å². The maximum absolute atomic E-state index is 12.2. The Hall–Kier alpha value is -5.86. The lowest BCUT2D eigenvalue weighted by Crippen LogP contribution is -2.28. The number of benzene rings is 3. The van der Waals surface area contributed by atoms with Gasteiger partial charge in [-0.25, -0.2) is 23.1 Å². The van der Waals surface area contributed by atoms with Crippen LogP contribution in [0.2, 0.25) is 0 Å². The van der Waals surface area contributed by atoms with E-state index < -0.39 is 10.0 Å². The molecule has 320 valence electrons. The number of nitrogens with one attached hydrogen (secondary N) is 1. The van der Waals surface area contributed by atoms with E-state index in [0.29, 0.717) is 37.2 Å². The minimum Gasteiger partial charge on any atom is -0.427 e. The standard InChI is InChI=1S/C26H30N6O2S.C16H20N6O2S2/c1-20-5-7-22(8-6-20)17-31(18-23-9-11-24(12-10-23)34-21(2)33)15-4-14-30(3)26-28-25(29-35-26)32-16-13-27-19-32;1-13-4-6-14(7-5-13)26(23,24)18-8-3-10-21(2)16-19-15(20-25-16)22-11-9-17-12-22/h5-13,16,19H,4,14-15,17-18H2,1-3H3;4-7,9,11-12,18H,3,8,10H2,1-2H3. The highest BCUT2D eigenvalue weighted by molar-refractivity contribution is 7.89. The fourth-order valence-corrected chi connectivity index (χ4v) is 8.37. The predicted octanol–water partition coefficient (Wildman–Crippen LogP) is 6.32. The molecule has 0 unspecified atom stereocenters. The normalized spacial score (nSPS) is 11.3. The van der Waals surface area contributed by atoms with Gasteiger partial charge >= 0.3 is 5.97 Å². The average molecular weight is 883 g/mol. The summed E-state index contributed by atoms with van der Waals surface area (Å²) in [6.45, 7) is 9.92. The number of ether oxygens (including phenoxy) is 1. The van der Waals surface area contributed by atoms with E-state index in [9.17, 15) is 13.2 Å². The number of anilines is 2. The largest absolute Gasteiger partial charge is 0.427 e. The second-order valence-electron chi connectivity index (χ2n) is 14.4. The van der Waals surface area contributed by atoms with Crippen molar-refractivity contribution in [3.05, 3.63) is 132 Å². The molecule has 4 aromatic heterocycles. The fraction of sp³-hybridized carbons (Fsp3) is 0.310. The highest BCUT2D eigenvalue weighted by atomic mass is 32.2. The molecule has 16 nitrogen and oxygen atoms in total. The maximum Gasteiger partial charge on any atom is 0.308 e. The molecule has 1 N–H and O–H groups in total. The Kier molecular flexibility index (Phi) is 15.8. The zero-order valence-corrected chi connectivity index (χ0v) is 37.3. The molecule has 0 saturated carbocycles. The van der Waals surface area contributed by atoms with Gasteiger partial charge in [-0.3, -0.25) is 18.8 Å². The van der Waals surface area contributed by atoms with E-state index in [1.165, 1.54) is 46.7 Å². The lowest BCUT2D eigenvalue weighted by atomic mass is 10.1. The zero-order valence-electron chi connectivity index (χ0n) is 34.8. The summed E-state index contributed by atoms with van der Waals surface area (Å²) in [4.78, 5) is 35.1. The monoisotopic (exact) mass is 882 g/mol. The minimum atomic E-state index is -3.47. The third kappa shape index (κ3) is 13.6. The summed E-state index contributed by atoms with van der Waals surface area (Å²) in [6, 6.07) is 23.2. The van der Waals surface area contributed by atoms with Crippen molar-refractivity contribution >= 4 is 49.3 Å². The topological polar surface area (TPSA) is 169 Å².